The highest BCUT2D eigenvalue weighted by atomic mass is 19.1. The van der Waals surface area contributed by atoms with E-state index >= 15 is 0 Å². The van der Waals surface area contributed by atoms with Gasteiger partial charge in [0.2, 0.25) is 11.8 Å². The minimum atomic E-state index is -0.948. The summed E-state index contributed by atoms with van der Waals surface area (Å²) in [4.78, 5) is 38.1. The number of Topliss-reactive ketones (excluding diaryl/α,β-unsaturated/α-hetero) is 1. The predicted molar refractivity (Wildman–Crippen MR) is 117 cm³/mol. The monoisotopic (exact) mass is 441 g/mol. The van der Waals surface area contributed by atoms with Crippen molar-refractivity contribution in [1.29, 1.82) is 0 Å². The van der Waals surface area contributed by atoms with Crippen molar-refractivity contribution in [2.45, 2.75) is 50.7 Å². The summed E-state index contributed by atoms with van der Waals surface area (Å²) in [5.41, 5.74) is 7.81. The molecule has 1 aliphatic rings. The van der Waals surface area contributed by atoms with Crippen molar-refractivity contribution in [1.82, 2.24) is 10.6 Å². The molecule has 3 rings (SSSR count). The number of alkyl halides is 1. The average Bonchev–Trinajstić information content (AvgIpc) is 3.64. The number of hydrogen-bond acceptors (Lipinski definition) is 5. The number of halogens is 1. The Bertz CT molecular complexity index is 930. The van der Waals surface area contributed by atoms with E-state index < -0.39 is 42.7 Å². The van der Waals surface area contributed by atoms with E-state index in [1.165, 1.54) is 6.92 Å². The number of ether oxygens (including phenoxy) is 1. The minimum absolute atomic E-state index is 0.170. The Labute approximate surface area is 186 Å². The van der Waals surface area contributed by atoms with Gasteiger partial charge in [0.25, 0.3) is 0 Å². The first-order valence-corrected chi connectivity index (χ1v) is 10.6. The molecule has 32 heavy (non-hydrogen) atoms. The van der Waals surface area contributed by atoms with Crippen molar-refractivity contribution in [2.75, 3.05) is 6.61 Å². The van der Waals surface area contributed by atoms with E-state index in [1.807, 2.05) is 30.3 Å². The SMILES string of the molecule is C[C@@H](N)C(=O)N[C@@H](Cc1ccc(CF)cc1)C(=O)N[C@@H](Cc1ccccc1)C(=O)C1CO1. The molecule has 7 nitrogen and oxygen atoms in total. The number of rotatable bonds is 11. The van der Waals surface area contributed by atoms with Crippen LogP contribution in [0, 0.1) is 0 Å². The summed E-state index contributed by atoms with van der Waals surface area (Å²) >= 11 is 0. The molecule has 0 saturated carbocycles. The number of nitrogens with one attached hydrogen (secondary N) is 2. The molecule has 8 heteroatoms. The van der Waals surface area contributed by atoms with Crippen LogP contribution in [0.15, 0.2) is 54.6 Å². The fraction of sp³-hybridized carbons (Fsp3) is 0.375. The molecule has 1 aliphatic heterocycles. The summed E-state index contributed by atoms with van der Waals surface area (Å²) < 4.78 is 17.9. The fourth-order valence-electron chi connectivity index (χ4n) is 3.29. The van der Waals surface area contributed by atoms with Crippen molar-refractivity contribution >= 4 is 17.6 Å². The lowest BCUT2D eigenvalue weighted by atomic mass is 9.99. The van der Waals surface area contributed by atoms with E-state index in [4.69, 9.17) is 10.5 Å². The van der Waals surface area contributed by atoms with Crippen LogP contribution in [-0.2, 0) is 38.6 Å². The minimum Gasteiger partial charge on any atom is -0.365 e. The van der Waals surface area contributed by atoms with Gasteiger partial charge in [0.15, 0.2) is 5.78 Å². The van der Waals surface area contributed by atoms with Crippen LogP contribution in [0.4, 0.5) is 4.39 Å². The van der Waals surface area contributed by atoms with Crippen LogP contribution < -0.4 is 16.4 Å². The molecule has 1 fully saturated rings. The Morgan fingerprint density at radius 2 is 1.47 bits per heavy atom. The predicted octanol–water partition coefficient (Wildman–Crippen LogP) is 1.23. The third-order valence-corrected chi connectivity index (χ3v) is 5.26. The van der Waals surface area contributed by atoms with Crippen molar-refractivity contribution < 1.29 is 23.5 Å². The van der Waals surface area contributed by atoms with Crippen LogP contribution in [0.5, 0.6) is 0 Å². The van der Waals surface area contributed by atoms with Gasteiger partial charge in [-0.3, -0.25) is 14.4 Å². The summed E-state index contributed by atoms with van der Waals surface area (Å²) in [6.45, 7) is 1.27. The summed E-state index contributed by atoms with van der Waals surface area (Å²) in [6, 6.07) is 13.5. The molecule has 2 aromatic carbocycles. The van der Waals surface area contributed by atoms with Crippen molar-refractivity contribution in [2.24, 2.45) is 5.73 Å². The molecule has 1 saturated heterocycles. The summed E-state index contributed by atoms with van der Waals surface area (Å²) in [5, 5.41) is 5.44. The van der Waals surface area contributed by atoms with Gasteiger partial charge in [0, 0.05) is 6.42 Å². The highest BCUT2D eigenvalue weighted by Crippen LogP contribution is 2.16. The first kappa shape index (κ1) is 23.6. The number of hydrogen-bond donors (Lipinski definition) is 3. The van der Waals surface area contributed by atoms with E-state index in [9.17, 15) is 18.8 Å². The lowest BCUT2D eigenvalue weighted by molar-refractivity contribution is -0.132. The van der Waals surface area contributed by atoms with E-state index in [1.54, 1.807) is 24.3 Å². The van der Waals surface area contributed by atoms with Crippen LogP contribution in [-0.4, -0.2) is 48.4 Å². The molecule has 2 aromatic rings. The fourth-order valence-corrected chi connectivity index (χ4v) is 3.29. The van der Waals surface area contributed by atoms with Crippen LogP contribution in [0.25, 0.3) is 0 Å². The molecule has 1 unspecified atom stereocenters. The van der Waals surface area contributed by atoms with Crippen LogP contribution in [0.2, 0.25) is 0 Å². The third-order valence-electron chi connectivity index (χ3n) is 5.26. The topological polar surface area (TPSA) is 114 Å². The third kappa shape index (κ3) is 6.70. The molecule has 170 valence electrons. The lowest BCUT2D eigenvalue weighted by Gasteiger charge is -2.23. The molecule has 4 N–H and O–H groups in total. The zero-order chi connectivity index (χ0) is 23.1. The summed E-state index contributed by atoms with van der Waals surface area (Å²) in [7, 11) is 0. The number of ketones is 1. The summed E-state index contributed by atoms with van der Waals surface area (Å²) in [5.74, 6) is -1.18. The molecule has 0 aromatic heterocycles. The van der Waals surface area contributed by atoms with E-state index in [0.717, 1.165) is 11.1 Å². The highest BCUT2D eigenvalue weighted by molar-refractivity contribution is 5.96. The molecule has 1 heterocycles. The van der Waals surface area contributed by atoms with E-state index in [0.29, 0.717) is 18.6 Å². The second-order valence-electron chi connectivity index (χ2n) is 7.98. The van der Waals surface area contributed by atoms with Gasteiger partial charge >= 0.3 is 0 Å². The molecule has 4 atom stereocenters. The van der Waals surface area contributed by atoms with Gasteiger partial charge in [-0.05, 0) is 30.0 Å². The normalized spacial score (nSPS) is 17.7. The number of carbonyl (C=O) groups is 3. The van der Waals surface area contributed by atoms with Crippen LogP contribution in [0.1, 0.15) is 23.6 Å². The summed E-state index contributed by atoms with van der Waals surface area (Å²) in [6.07, 6.45) is -0.0395. The van der Waals surface area contributed by atoms with Gasteiger partial charge in [-0.15, -0.1) is 0 Å². The Balaban J connectivity index is 1.76. The molecule has 0 spiro atoms. The van der Waals surface area contributed by atoms with Crippen LogP contribution >= 0.6 is 0 Å². The number of nitrogens with two attached hydrogens (primary N) is 1. The standard InChI is InChI=1S/C24H28FN3O4/c1-15(26)23(30)28-20(12-17-7-9-18(13-25)10-8-17)24(31)27-19(22(29)21-14-32-21)11-16-5-3-2-4-6-16/h2-10,15,19-21H,11-14,26H2,1H3,(H,27,31)(H,28,30)/t15-,19+,20+,21?/m1/s1. The van der Waals surface area contributed by atoms with Gasteiger partial charge in [-0.25, -0.2) is 4.39 Å². The molecule has 0 radical (unpaired) electrons. The molecule has 2 amide bonds. The van der Waals surface area contributed by atoms with Gasteiger partial charge in [-0.2, -0.15) is 0 Å². The zero-order valence-electron chi connectivity index (χ0n) is 17.9. The number of carbonyl (C=O) groups excluding carboxylic acids is 3. The first-order valence-electron chi connectivity index (χ1n) is 10.6. The highest BCUT2D eigenvalue weighted by Gasteiger charge is 2.38. The second-order valence-corrected chi connectivity index (χ2v) is 7.98. The maximum Gasteiger partial charge on any atom is 0.243 e. The number of amides is 2. The van der Waals surface area contributed by atoms with Gasteiger partial charge in [0.1, 0.15) is 18.8 Å². The van der Waals surface area contributed by atoms with Crippen LogP contribution in [0.3, 0.4) is 0 Å². The Hall–Kier alpha value is -3.10. The first-order chi connectivity index (χ1) is 15.4. The molecule has 0 bridgehead atoms. The van der Waals surface area contributed by atoms with Crippen molar-refractivity contribution in [3.05, 3.63) is 71.3 Å². The maximum atomic E-state index is 13.2. The number of benzene rings is 2. The quantitative estimate of drug-likeness (QED) is 0.454. The second kappa shape index (κ2) is 11.0. The van der Waals surface area contributed by atoms with E-state index in [-0.39, 0.29) is 12.2 Å². The largest absolute Gasteiger partial charge is 0.365 e. The average molecular weight is 442 g/mol. The van der Waals surface area contributed by atoms with Crippen molar-refractivity contribution in [3.63, 3.8) is 0 Å². The van der Waals surface area contributed by atoms with E-state index in [2.05, 4.69) is 10.6 Å². The lowest BCUT2D eigenvalue weighted by Crippen LogP contribution is -2.55. The Kier molecular flexibility index (Phi) is 8.08. The molecule has 0 aliphatic carbocycles. The molecular formula is C24H28FN3O4. The smallest absolute Gasteiger partial charge is 0.243 e. The van der Waals surface area contributed by atoms with Gasteiger partial charge in [0.05, 0.1) is 18.7 Å². The van der Waals surface area contributed by atoms with Gasteiger partial charge < -0.3 is 21.1 Å². The number of epoxide rings is 1. The Morgan fingerprint density at radius 1 is 0.938 bits per heavy atom. The van der Waals surface area contributed by atoms with Crippen molar-refractivity contribution in [3.8, 4) is 0 Å². The zero-order valence-corrected chi connectivity index (χ0v) is 17.9. The van der Waals surface area contributed by atoms with Gasteiger partial charge in [-0.1, -0.05) is 54.6 Å². The molecular weight excluding hydrogens is 413 g/mol. The Morgan fingerprint density at radius 3 is 2.03 bits per heavy atom. The maximum absolute atomic E-state index is 13.2.